The highest BCUT2D eigenvalue weighted by atomic mass is 32.2. The lowest BCUT2D eigenvalue weighted by molar-refractivity contribution is 0.168. The molecule has 2 aromatic rings. The van der Waals surface area contributed by atoms with E-state index in [1.54, 1.807) is 31.5 Å². The van der Waals surface area contributed by atoms with E-state index in [0.29, 0.717) is 5.69 Å². The van der Waals surface area contributed by atoms with Gasteiger partial charge in [-0.05, 0) is 42.8 Å². The molecule has 0 aliphatic carbocycles. The molecule has 1 aromatic carbocycles. The zero-order valence-electron chi connectivity index (χ0n) is 12.5. The van der Waals surface area contributed by atoms with Crippen LogP contribution in [0.5, 0.6) is 0 Å². The first kappa shape index (κ1) is 16.9. The molecule has 0 atom stereocenters. The Kier molecular flexibility index (Phi) is 5.67. The fourth-order valence-electron chi connectivity index (χ4n) is 1.77. The van der Waals surface area contributed by atoms with Crippen molar-refractivity contribution < 1.29 is 17.9 Å². The van der Waals surface area contributed by atoms with E-state index in [0.717, 1.165) is 5.56 Å². The Morgan fingerprint density at radius 1 is 1.22 bits per heavy atom. The maximum Gasteiger partial charge on any atom is 0.411 e. The molecule has 2 rings (SSSR count). The Morgan fingerprint density at radius 3 is 2.57 bits per heavy atom. The maximum atomic E-state index is 12.2. The first-order valence-electron chi connectivity index (χ1n) is 6.93. The van der Waals surface area contributed by atoms with E-state index >= 15 is 0 Å². The van der Waals surface area contributed by atoms with Crippen LogP contribution in [0.4, 0.5) is 10.5 Å². The van der Waals surface area contributed by atoms with Crippen LogP contribution in [0.1, 0.15) is 12.5 Å². The van der Waals surface area contributed by atoms with E-state index in [-0.39, 0.29) is 18.0 Å². The lowest BCUT2D eigenvalue weighted by Crippen LogP contribution is -2.23. The number of carbonyl (C=O) groups excluding carboxylic acids is 1. The number of hydrogen-bond donors (Lipinski definition) is 2. The van der Waals surface area contributed by atoms with Gasteiger partial charge in [0.25, 0.3) is 0 Å². The zero-order valence-corrected chi connectivity index (χ0v) is 13.3. The van der Waals surface area contributed by atoms with Crippen molar-refractivity contribution in [1.82, 2.24) is 9.71 Å². The average Bonchev–Trinajstić information content (AvgIpc) is 2.55. The SMILES string of the molecule is CCOC(=O)Nc1ccc(S(=O)(=O)NCc2cccnc2)cc1. The van der Waals surface area contributed by atoms with Crippen LogP contribution in [0, 0.1) is 0 Å². The molecule has 1 heterocycles. The van der Waals surface area contributed by atoms with Gasteiger partial charge in [0.05, 0.1) is 11.5 Å². The molecule has 1 amide bonds. The summed E-state index contributed by atoms with van der Waals surface area (Å²) < 4.78 is 31.6. The molecule has 1 aromatic heterocycles. The van der Waals surface area contributed by atoms with Crippen molar-refractivity contribution in [3.63, 3.8) is 0 Å². The molecule has 0 saturated heterocycles. The minimum atomic E-state index is -3.64. The molecule has 0 aliphatic rings. The van der Waals surface area contributed by atoms with Crippen LogP contribution in [-0.4, -0.2) is 26.1 Å². The predicted molar refractivity (Wildman–Crippen MR) is 85.3 cm³/mol. The number of benzene rings is 1. The second-order valence-corrected chi connectivity index (χ2v) is 6.32. The Labute approximate surface area is 134 Å². The molecule has 0 fully saturated rings. The van der Waals surface area contributed by atoms with Crippen molar-refractivity contribution in [2.24, 2.45) is 0 Å². The average molecular weight is 335 g/mol. The Bertz CT molecular complexity index is 746. The van der Waals surface area contributed by atoms with Crippen molar-refractivity contribution >= 4 is 21.8 Å². The number of ether oxygens (including phenoxy) is 1. The third-order valence-corrected chi connectivity index (χ3v) is 4.29. The Hall–Kier alpha value is -2.45. The molecule has 0 bridgehead atoms. The largest absolute Gasteiger partial charge is 0.450 e. The van der Waals surface area contributed by atoms with Crippen molar-refractivity contribution in [1.29, 1.82) is 0 Å². The predicted octanol–water partition coefficient (Wildman–Crippen LogP) is 2.13. The van der Waals surface area contributed by atoms with Crippen molar-refractivity contribution in [2.45, 2.75) is 18.4 Å². The van der Waals surface area contributed by atoms with E-state index < -0.39 is 16.1 Å². The zero-order chi connectivity index (χ0) is 16.7. The number of nitrogens with zero attached hydrogens (tertiary/aromatic N) is 1. The van der Waals surface area contributed by atoms with Crippen molar-refractivity contribution in [2.75, 3.05) is 11.9 Å². The van der Waals surface area contributed by atoms with Gasteiger partial charge in [0.15, 0.2) is 0 Å². The van der Waals surface area contributed by atoms with Gasteiger partial charge in [-0.3, -0.25) is 10.3 Å². The summed E-state index contributed by atoms with van der Waals surface area (Å²) in [5.74, 6) is 0. The van der Waals surface area contributed by atoms with Crippen LogP contribution in [0.15, 0.2) is 53.7 Å². The fraction of sp³-hybridized carbons (Fsp3) is 0.200. The summed E-state index contributed by atoms with van der Waals surface area (Å²) in [4.78, 5) is 15.3. The summed E-state index contributed by atoms with van der Waals surface area (Å²) in [6, 6.07) is 9.33. The summed E-state index contributed by atoms with van der Waals surface area (Å²) in [7, 11) is -3.64. The second-order valence-electron chi connectivity index (χ2n) is 4.56. The first-order valence-corrected chi connectivity index (χ1v) is 8.42. The lowest BCUT2D eigenvalue weighted by Gasteiger charge is -2.08. The van der Waals surface area contributed by atoms with Crippen molar-refractivity contribution in [3.8, 4) is 0 Å². The Balaban J connectivity index is 2.01. The van der Waals surface area contributed by atoms with Crippen molar-refractivity contribution in [3.05, 3.63) is 54.4 Å². The minimum Gasteiger partial charge on any atom is -0.450 e. The highest BCUT2D eigenvalue weighted by molar-refractivity contribution is 7.89. The van der Waals surface area contributed by atoms with Gasteiger partial charge in [0.2, 0.25) is 10.0 Å². The molecule has 2 N–H and O–H groups in total. The number of nitrogens with one attached hydrogen (secondary N) is 2. The van der Waals surface area contributed by atoms with E-state index in [1.165, 1.54) is 24.3 Å². The van der Waals surface area contributed by atoms with Gasteiger partial charge in [-0.25, -0.2) is 17.9 Å². The molecule has 8 heteroatoms. The first-order chi connectivity index (χ1) is 11.0. The van der Waals surface area contributed by atoms with E-state index in [1.807, 2.05) is 0 Å². The second kappa shape index (κ2) is 7.70. The summed E-state index contributed by atoms with van der Waals surface area (Å²) in [5.41, 5.74) is 1.21. The summed E-state index contributed by atoms with van der Waals surface area (Å²) >= 11 is 0. The van der Waals surface area contributed by atoms with E-state index in [4.69, 9.17) is 4.74 Å². The number of amides is 1. The lowest BCUT2D eigenvalue weighted by atomic mass is 10.3. The summed E-state index contributed by atoms with van der Waals surface area (Å²) in [5, 5.41) is 2.49. The number of pyridine rings is 1. The quantitative estimate of drug-likeness (QED) is 0.843. The van der Waals surface area contributed by atoms with Crippen LogP contribution >= 0.6 is 0 Å². The van der Waals surface area contributed by atoms with E-state index in [9.17, 15) is 13.2 Å². The molecule has 0 unspecified atom stereocenters. The number of hydrogen-bond acceptors (Lipinski definition) is 5. The standard InChI is InChI=1S/C15H17N3O4S/c1-2-22-15(19)18-13-5-7-14(8-6-13)23(20,21)17-11-12-4-3-9-16-10-12/h3-10,17H,2,11H2,1H3,(H,18,19). The number of aromatic nitrogens is 1. The molecule has 0 saturated carbocycles. The molecule has 23 heavy (non-hydrogen) atoms. The number of sulfonamides is 1. The molecule has 7 nitrogen and oxygen atoms in total. The van der Waals surface area contributed by atoms with Crippen LogP contribution in [0.2, 0.25) is 0 Å². The van der Waals surface area contributed by atoms with Gasteiger partial charge in [-0.1, -0.05) is 6.07 Å². The van der Waals surface area contributed by atoms with Gasteiger partial charge in [-0.2, -0.15) is 0 Å². The van der Waals surface area contributed by atoms with Crippen LogP contribution < -0.4 is 10.0 Å². The van der Waals surface area contributed by atoms with Gasteiger partial charge < -0.3 is 4.74 Å². The van der Waals surface area contributed by atoms with Gasteiger partial charge in [0.1, 0.15) is 0 Å². The molecular weight excluding hydrogens is 318 g/mol. The number of rotatable bonds is 6. The minimum absolute atomic E-state index is 0.107. The molecule has 0 aliphatic heterocycles. The third-order valence-electron chi connectivity index (χ3n) is 2.88. The van der Waals surface area contributed by atoms with Gasteiger partial charge in [0, 0.05) is 24.6 Å². The Morgan fingerprint density at radius 2 is 1.96 bits per heavy atom. The van der Waals surface area contributed by atoms with E-state index in [2.05, 4.69) is 15.0 Å². The normalized spacial score (nSPS) is 11.0. The van der Waals surface area contributed by atoms with Crippen LogP contribution in [0.25, 0.3) is 0 Å². The van der Waals surface area contributed by atoms with Gasteiger partial charge in [-0.15, -0.1) is 0 Å². The van der Waals surface area contributed by atoms with Crippen LogP contribution in [0.3, 0.4) is 0 Å². The third kappa shape index (κ3) is 5.04. The molecule has 0 spiro atoms. The number of anilines is 1. The molecular formula is C15H17N3O4S. The summed E-state index contributed by atoms with van der Waals surface area (Å²) in [6.45, 7) is 2.11. The summed E-state index contributed by atoms with van der Waals surface area (Å²) in [6.07, 6.45) is 2.63. The van der Waals surface area contributed by atoms with Gasteiger partial charge >= 0.3 is 6.09 Å². The highest BCUT2D eigenvalue weighted by Gasteiger charge is 2.14. The highest BCUT2D eigenvalue weighted by Crippen LogP contribution is 2.14. The molecule has 122 valence electrons. The molecule has 0 radical (unpaired) electrons. The monoisotopic (exact) mass is 335 g/mol. The fourth-order valence-corrected chi connectivity index (χ4v) is 2.78. The maximum absolute atomic E-state index is 12.2. The number of carbonyl (C=O) groups is 1. The topological polar surface area (TPSA) is 97.4 Å². The smallest absolute Gasteiger partial charge is 0.411 e. The van der Waals surface area contributed by atoms with Crippen LogP contribution in [-0.2, 0) is 21.3 Å².